The van der Waals surface area contributed by atoms with Gasteiger partial charge >= 0.3 is 12.2 Å². The molecule has 1 unspecified atom stereocenters. The van der Waals surface area contributed by atoms with Crippen LogP contribution >= 0.6 is 0 Å². The summed E-state index contributed by atoms with van der Waals surface area (Å²) in [5.41, 5.74) is 1.02. The van der Waals surface area contributed by atoms with Crippen LogP contribution in [0.3, 0.4) is 0 Å². The van der Waals surface area contributed by atoms with Crippen molar-refractivity contribution in [3.8, 4) is 6.01 Å². The number of pyridine rings is 1. The molecular weight excluding hydrogens is 401 g/mol. The van der Waals surface area contributed by atoms with Crippen molar-refractivity contribution in [1.82, 2.24) is 19.9 Å². The van der Waals surface area contributed by atoms with E-state index in [1.54, 1.807) is 12.4 Å². The Morgan fingerprint density at radius 2 is 1.87 bits per heavy atom. The highest BCUT2D eigenvalue weighted by molar-refractivity contribution is 5.43. The minimum absolute atomic E-state index is 0.0112. The lowest BCUT2D eigenvalue weighted by molar-refractivity contribution is -0.154. The minimum atomic E-state index is -4.48. The standard InChI is InChI=1S/C19H23F3N6O2/c20-19(21,22)13-30-18-25-16(27-8-10-29-11-9-27)24-17(26-18)28-7-2-1-5-15(28)14-4-3-6-23-12-14/h3-4,6,12,15H,1-2,5,7-11,13H2. The van der Waals surface area contributed by atoms with Crippen LogP contribution in [0.4, 0.5) is 25.1 Å². The first kappa shape index (κ1) is 20.6. The van der Waals surface area contributed by atoms with Gasteiger partial charge < -0.3 is 19.3 Å². The smallest absolute Gasteiger partial charge is 0.422 e. The van der Waals surface area contributed by atoms with Crippen molar-refractivity contribution >= 4 is 11.9 Å². The Kier molecular flexibility index (Phi) is 6.16. The summed E-state index contributed by atoms with van der Waals surface area (Å²) in [6, 6.07) is 3.52. The van der Waals surface area contributed by atoms with Gasteiger partial charge in [-0.1, -0.05) is 6.07 Å². The molecule has 0 aromatic carbocycles. The molecule has 2 aliphatic rings. The average Bonchev–Trinajstić information content (AvgIpc) is 2.78. The normalized spacial score (nSPS) is 20.3. The number of hydrogen-bond donors (Lipinski definition) is 0. The van der Waals surface area contributed by atoms with Crippen LogP contribution in [-0.2, 0) is 4.74 Å². The maximum atomic E-state index is 12.7. The Hall–Kier alpha value is -2.69. The fourth-order valence-electron chi connectivity index (χ4n) is 3.67. The molecule has 2 aromatic rings. The number of hydrogen-bond acceptors (Lipinski definition) is 8. The monoisotopic (exact) mass is 424 g/mol. The second-order valence-electron chi connectivity index (χ2n) is 7.21. The van der Waals surface area contributed by atoms with E-state index in [4.69, 9.17) is 9.47 Å². The average molecular weight is 424 g/mol. The van der Waals surface area contributed by atoms with E-state index in [0.29, 0.717) is 44.7 Å². The zero-order chi connectivity index (χ0) is 21.0. The highest BCUT2D eigenvalue weighted by atomic mass is 19.4. The number of morpholine rings is 1. The third kappa shape index (κ3) is 5.07. The number of halogens is 3. The van der Waals surface area contributed by atoms with E-state index < -0.39 is 12.8 Å². The lowest BCUT2D eigenvalue weighted by Crippen LogP contribution is -2.39. The van der Waals surface area contributed by atoms with E-state index in [2.05, 4.69) is 19.9 Å². The topological polar surface area (TPSA) is 76.5 Å². The summed E-state index contributed by atoms with van der Waals surface area (Å²) in [7, 11) is 0. The van der Waals surface area contributed by atoms with Crippen LogP contribution in [0.1, 0.15) is 30.9 Å². The number of ether oxygens (including phenoxy) is 2. The molecular formula is C19H23F3N6O2. The second kappa shape index (κ2) is 8.99. The molecule has 2 saturated heterocycles. The number of anilines is 2. The summed E-state index contributed by atoms with van der Waals surface area (Å²) >= 11 is 0. The van der Waals surface area contributed by atoms with E-state index in [-0.39, 0.29) is 12.1 Å². The summed E-state index contributed by atoms with van der Waals surface area (Å²) in [6.45, 7) is 1.34. The molecule has 0 aliphatic carbocycles. The van der Waals surface area contributed by atoms with Gasteiger partial charge in [-0.15, -0.1) is 0 Å². The van der Waals surface area contributed by atoms with Crippen molar-refractivity contribution < 1.29 is 22.6 Å². The number of alkyl halides is 3. The Balaban J connectivity index is 1.67. The van der Waals surface area contributed by atoms with Gasteiger partial charge in [0.05, 0.1) is 19.3 Å². The van der Waals surface area contributed by atoms with E-state index in [1.807, 2.05) is 21.9 Å². The van der Waals surface area contributed by atoms with Crippen molar-refractivity contribution in [2.45, 2.75) is 31.5 Å². The van der Waals surface area contributed by atoms with Crippen LogP contribution in [0.25, 0.3) is 0 Å². The van der Waals surface area contributed by atoms with Crippen LogP contribution in [0.5, 0.6) is 6.01 Å². The summed E-state index contributed by atoms with van der Waals surface area (Å²) in [6.07, 6.45) is 1.88. The largest absolute Gasteiger partial charge is 0.454 e. The number of piperidine rings is 1. The lowest BCUT2D eigenvalue weighted by atomic mass is 9.97. The summed E-state index contributed by atoms with van der Waals surface area (Å²) in [4.78, 5) is 21.0. The molecule has 11 heteroatoms. The predicted molar refractivity (Wildman–Crippen MR) is 103 cm³/mol. The van der Waals surface area contributed by atoms with Crippen LogP contribution < -0.4 is 14.5 Å². The van der Waals surface area contributed by atoms with Gasteiger partial charge in [-0.25, -0.2) is 0 Å². The van der Waals surface area contributed by atoms with Gasteiger partial charge in [0.1, 0.15) is 0 Å². The first-order valence-corrected chi connectivity index (χ1v) is 9.94. The zero-order valence-corrected chi connectivity index (χ0v) is 16.4. The molecule has 4 rings (SSSR count). The molecule has 0 spiro atoms. The minimum Gasteiger partial charge on any atom is -0.454 e. The number of nitrogens with zero attached hydrogens (tertiary/aromatic N) is 6. The Labute approximate surface area is 172 Å². The molecule has 8 nitrogen and oxygen atoms in total. The highest BCUT2D eigenvalue weighted by Gasteiger charge is 2.31. The van der Waals surface area contributed by atoms with Gasteiger partial charge in [0, 0.05) is 32.0 Å². The molecule has 30 heavy (non-hydrogen) atoms. The van der Waals surface area contributed by atoms with Gasteiger partial charge in [0.15, 0.2) is 6.61 Å². The Morgan fingerprint density at radius 3 is 2.60 bits per heavy atom. The number of rotatable bonds is 5. The molecule has 162 valence electrons. The zero-order valence-electron chi connectivity index (χ0n) is 16.4. The quantitative estimate of drug-likeness (QED) is 0.725. The maximum Gasteiger partial charge on any atom is 0.422 e. The molecule has 0 radical (unpaired) electrons. The van der Waals surface area contributed by atoms with Crippen molar-refractivity contribution in [3.05, 3.63) is 30.1 Å². The molecule has 0 amide bonds. The number of aromatic nitrogens is 4. The van der Waals surface area contributed by atoms with Crippen LogP contribution in [-0.4, -0.2) is 65.6 Å². The van der Waals surface area contributed by atoms with E-state index in [0.717, 1.165) is 24.8 Å². The first-order chi connectivity index (χ1) is 14.5. The van der Waals surface area contributed by atoms with Crippen molar-refractivity contribution in [1.29, 1.82) is 0 Å². The van der Waals surface area contributed by atoms with Crippen molar-refractivity contribution in [3.63, 3.8) is 0 Å². The summed E-state index contributed by atoms with van der Waals surface area (Å²) in [5, 5.41) is 0. The first-order valence-electron chi connectivity index (χ1n) is 9.94. The van der Waals surface area contributed by atoms with E-state index >= 15 is 0 Å². The molecule has 2 aliphatic heterocycles. The van der Waals surface area contributed by atoms with Crippen LogP contribution in [0, 0.1) is 0 Å². The second-order valence-corrected chi connectivity index (χ2v) is 7.21. The molecule has 0 N–H and O–H groups in total. The van der Waals surface area contributed by atoms with E-state index in [9.17, 15) is 13.2 Å². The van der Waals surface area contributed by atoms with Gasteiger partial charge in [-0.05, 0) is 30.9 Å². The third-order valence-corrected chi connectivity index (χ3v) is 5.08. The van der Waals surface area contributed by atoms with Gasteiger partial charge in [0.25, 0.3) is 0 Å². The lowest BCUT2D eigenvalue weighted by Gasteiger charge is -2.36. The maximum absolute atomic E-state index is 12.7. The van der Waals surface area contributed by atoms with Crippen LogP contribution in [0.15, 0.2) is 24.5 Å². The van der Waals surface area contributed by atoms with E-state index in [1.165, 1.54) is 0 Å². The van der Waals surface area contributed by atoms with Gasteiger partial charge in [-0.2, -0.15) is 28.1 Å². The predicted octanol–water partition coefficient (Wildman–Crippen LogP) is 2.78. The molecule has 2 aromatic heterocycles. The molecule has 2 fully saturated rings. The summed E-state index contributed by atoms with van der Waals surface area (Å²) in [5.74, 6) is 0.619. The van der Waals surface area contributed by atoms with Crippen molar-refractivity contribution in [2.75, 3.05) is 49.3 Å². The molecule has 0 saturated carbocycles. The van der Waals surface area contributed by atoms with Crippen molar-refractivity contribution in [2.24, 2.45) is 0 Å². The molecule has 1 atom stereocenters. The fourth-order valence-corrected chi connectivity index (χ4v) is 3.67. The highest BCUT2D eigenvalue weighted by Crippen LogP contribution is 2.34. The van der Waals surface area contributed by atoms with Gasteiger partial charge in [-0.3, -0.25) is 4.98 Å². The fraction of sp³-hybridized carbons (Fsp3) is 0.579. The summed E-state index contributed by atoms with van der Waals surface area (Å²) < 4.78 is 48.3. The Bertz CT molecular complexity index is 833. The third-order valence-electron chi connectivity index (χ3n) is 5.08. The van der Waals surface area contributed by atoms with Crippen LogP contribution in [0.2, 0.25) is 0 Å². The SMILES string of the molecule is FC(F)(F)COc1nc(N2CCOCC2)nc(N2CCCCC2c2cccnc2)n1. The molecule has 0 bridgehead atoms. The van der Waals surface area contributed by atoms with Gasteiger partial charge in [0.2, 0.25) is 11.9 Å². The Morgan fingerprint density at radius 1 is 1.07 bits per heavy atom. The molecule has 4 heterocycles.